The van der Waals surface area contributed by atoms with Crippen LogP contribution in [0.5, 0.6) is 0 Å². The third kappa shape index (κ3) is 4.06. The van der Waals surface area contributed by atoms with Crippen LogP contribution in [0.3, 0.4) is 0 Å². The molecule has 1 aromatic heterocycles. The molecule has 4 nitrogen and oxygen atoms in total. The lowest BCUT2D eigenvalue weighted by atomic mass is 9.95. The fraction of sp³-hybridized carbons (Fsp3) is 0.222. The van der Waals surface area contributed by atoms with Gasteiger partial charge in [0.05, 0.1) is 5.56 Å². The number of halogens is 2. The van der Waals surface area contributed by atoms with E-state index >= 15 is 0 Å². The maximum absolute atomic E-state index is 12.2. The first-order valence-corrected chi connectivity index (χ1v) is 9.35. The molecule has 1 aliphatic rings. The summed E-state index contributed by atoms with van der Waals surface area (Å²) in [6, 6.07) is 4.98. The van der Waals surface area contributed by atoms with E-state index in [4.69, 9.17) is 23.2 Å². The fourth-order valence-electron chi connectivity index (χ4n) is 2.84. The molecule has 0 saturated heterocycles. The van der Waals surface area contributed by atoms with Gasteiger partial charge in [0.15, 0.2) is 0 Å². The second kappa shape index (κ2) is 7.60. The van der Waals surface area contributed by atoms with E-state index in [1.54, 1.807) is 24.3 Å². The van der Waals surface area contributed by atoms with Crippen molar-refractivity contribution in [2.45, 2.75) is 25.7 Å². The van der Waals surface area contributed by atoms with E-state index in [1.165, 1.54) is 17.4 Å². The zero-order valence-corrected chi connectivity index (χ0v) is 15.5. The number of fused-ring (bicyclic) bond motifs is 1. The van der Waals surface area contributed by atoms with Gasteiger partial charge < -0.3 is 10.4 Å². The second-order valence-electron chi connectivity index (χ2n) is 5.71. The minimum atomic E-state index is -1.00. The van der Waals surface area contributed by atoms with Crippen molar-refractivity contribution in [1.82, 2.24) is 0 Å². The number of carboxylic acid groups (broad SMARTS) is 1. The Kier molecular flexibility index (Phi) is 5.47. The number of aryl methyl sites for hydroxylation is 1. The van der Waals surface area contributed by atoms with Crippen molar-refractivity contribution in [3.63, 3.8) is 0 Å². The molecule has 25 heavy (non-hydrogen) atoms. The van der Waals surface area contributed by atoms with Gasteiger partial charge in [-0.2, -0.15) is 0 Å². The van der Waals surface area contributed by atoms with Crippen molar-refractivity contribution in [1.29, 1.82) is 0 Å². The van der Waals surface area contributed by atoms with Gasteiger partial charge >= 0.3 is 5.97 Å². The summed E-state index contributed by atoms with van der Waals surface area (Å²) in [5, 5.41) is 13.5. The summed E-state index contributed by atoms with van der Waals surface area (Å²) in [5.41, 5.74) is 1.75. The standard InChI is InChI=1S/C18H15Cl2NO3S/c19-11-7-5-10(13(20)9-11)6-8-15(22)21-17-16(18(23)24)12-3-1-2-4-14(12)25-17/h5-9H,1-4H2,(H,21,22)(H,23,24)/b8-6+. The van der Waals surface area contributed by atoms with Gasteiger partial charge in [-0.1, -0.05) is 29.3 Å². The van der Waals surface area contributed by atoms with E-state index in [0.29, 0.717) is 20.6 Å². The number of thiophene rings is 1. The van der Waals surface area contributed by atoms with Crippen LogP contribution in [0.25, 0.3) is 6.08 Å². The Hall–Kier alpha value is -1.82. The zero-order valence-electron chi connectivity index (χ0n) is 13.1. The summed E-state index contributed by atoms with van der Waals surface area (Å²) < 4.78 is 0. The number of carboxylic acids is 1. The summed E-state index contributed by atoms with van der Waals surface area (Å²) in [4.78, 5) is 24.9. The Labute approximate surface area is 159 Å². The highest BCUT2D eigenvalue weighted by molar-refractivity contribution is 7.17. The number of aromatic carboxylic acids is 1. The first kappa shape index (κ1) is 18.0. The molecular weight excluding hydrogens is 381 g/mol. The van der Waals surface area contributed by atoms with E-state index in [1.807, 2.05) is 0 Å². The van der Waals surface area contributed by atoms with E-state index in [-0.39, 0.29) is 5.56 Å². The molecule has 1 amide bonds. The summed E-state index contributed by atoms with van der Waals surface area (Å²) in [6.45, 7) is 0. The van der Waals surface area contributed by atoms with Crippen LogP contribution in [-0.2, 0) is 17.6 Å². The Morgan fingerprint density at radius 1 is 1.20 bits per heavy atom. The number of benzene rings is 1. The molecule has 1 heterocycles. The average Bonchev–Trinajstić information content (AvgIpc) is 2.91. The minimum absolute atomic E-state index is 0.228. The molecule has 2 aromatic rings. The van der Waals surface area contributed by atoms with Crippen LogP contribution in [0.2, 0.25) is 10.0 Å². The topological polar surface area (TPSA) is 66.4 Å². The molecule has 0 atom stereocenters. The molecule has 0 fully saturated rings. The van der Waals surface area contributed by atoms with Crippen LogP contribution in [-0.4, -0.2) is 17.0 Å². The lowest BCUT2D eigenvalue weighted by Gasteiger charge is -2.10. The maximum atomic E-state index is 12.2. The van der Waals surface area contributed by atoms with Crippen LogP contribution in [0.1, 0.15) is 39.2 Å². The van der Waals surface area contributed by atoms with Gasteiger partial charge in [-0.15, -0.1) is 11.3 Å². The summed E-state index contributed by atoms with van der Waals surface area (Å²) in [7, 11) is 0. The Morgan fingerprint density at radius 3 is 2.68 bits per heavy atom. The van der Waals surface area contributed by atoms with Crippen molar-refractivity contribution < 1.29 is 14.7 Å². The molecule has 0 radical (unpaired) electrons. The number of rotatable bonds is 4. The molecule has 0 aliphatic heterocycles. The maximum Gasteiger partial charge on any atom is 0.339 e. The van der Waals surface area contributed by atoms with Crippen LogP contribution < -0.4 is 5.32 Å². The Balaban J connectivity index is 1.80. The molecular formula is C18H15Cl2NO3S. The summed E-state index contributed by atoms with van der Waals surface area (Å²) in [5.74, 6) is -1.40. The molecule has 0 spiro atoms. The fourth-order valence-corrected chi connectivity index (χ4v) is 4.59. The van der Waals surface area contributed by atoms with Crippen LogP contribution in [0.15, 0.2) is 24.3 Å². The quantitative estimate of drug-likeness (QED) is 0.691. The van der Waals surface area contributed by atoms with Gasteiger partial charge in [-0.05, 0) is 55.0 Å². The molecule has 2 N–H and O–H groups in total. The van der Waals surface area contributed by atoms with Crippen LogP contribution in [0, 0.1) is 0 Å². The zero-order chi connectivity index (χ0) is 18.0. The predicted molar refractivity (Wildman–Crippen MR) is 102 cm³/mol. The van der Waals surface area contributed by atoms with Crippen molar-refractivity contribution in [3.8, 4) is 0 Å². The smallest absolute Gasteiger partial charge is 0.339 e. The van der Waals surface area contributed by atoms with Crippen molar-refractivity contribution in [2.75, 3.05) is 5.32 Å². The lowest BCUT2D eigenvalue weighted by molar-refractivity contribution is -0.111. The number of amides is 1. The molecule has 0 saturated carbocycles. The summed E-state index contributed by atoms with van der Waals surface area (Å²) >= 11 is 13.3. The number of hydrogen-bond donors (Lipinski definition) is 2. The lowest BCUT2D eigenvalue weighted by Crippen LogP contribution is -2.11. The Morgan fingerprint density at radius 2 is 1.96 bits per heavy atom. The second-order valence-corrected chi connectivity index (χ2v) is 7.66. The third-order valence-electron chi connectivity index (χ3n) is 4.00. The Bertz CT molecular complexity index is 873. The van der Waals surface area contributed by atoms with Crippen molar-refractivity contribution in [3.05, 3.63) is 55.9 Å². The largest absolute Gasteiger partial charge is 0.478 e. The van der Waals surface area contributed by atoms with E-state index < -0.39 is 11.9 Å². The molecule has 130 valence electrons. The molecule has 3 rings (SSSR count). The van der Waals surface area contributed by atoms with Crippen molar-refractivity contribution in [2.24, 2.45) is 0 Å². The average molecular weight is 396 g/mol. The highest BCUT2D eigenvalue weighted by Gasteiger charge is 2.25. The number of carbonyl (C=O) groups excluding carboxylic acids is 1. The molecule has 1 aliphatic carbocycles. The molecule has 0 unspecified atom stereocenters. The number of nitrogens with one attached hydrogen (secondary N) is 1. The highest BCUT2D eigenvalue weighted by Crippen LogP contribution is 2.38. The van der Waals surface area contributed by atoms with Gasteiger partial charge in [0.25, 0.3) is 0 Å². The SMILES string of the molecule is O=C(/C=C/c1ccc(Cl)cc1Cl)Nc1sc2c(c1C(=O)O)CCCC2. The number of anilines is 1. The summed E-state index contributed by atoms with van der Waals surface area (Å²) in [6.07, 6.45) is 6.55. The van der Waals surface area contributed by atoms with Gasteiger partial charge in [0.1, 0.15) is 5.00 Å². The van der Waals surface area contributed by atoms with Crippen LogP contribution >= 0.6 is 34.5 Å². The van der Waals surface area contributed by atoms with E-state index in [9.17, 15) is 14.7 Å². The monoisotopic (exact) mass is 395 g/mol. The first-order valence-electron chi connectivity index (χ1n) is 7.77. The van der Waals surface area contributed by atoms with E-state index in [2.05, 4.69) is 5.32 Å². The minimum Gasteiger partial charge on any atom is -0.478 e. The van der Waals surface area contributed by atoms with Crippen molar-refractivity contribution >= 4 is 57.5 Å². The molecule has 7 heteroatoms. The molecule has 0 bridgehead atoms. The number of hydrogen-bond acceptors (Lipinski definition) is 3. The third-order valence-corrected chi connectivity index (χ3v) is 5.77. The normalized spacial score (nSPS) is 13.7. The van der Waals surface area contributed by atoms with Crippen LogP contribution in [0.4, 0.5) is 5.00 Å². The van der Waals surface area contributed by atoms with Gasteiger partial charge in [0, 0.05) is 21.0 Å². The first-order chi connectivity index (χ1) is 12.0. The van der Waals surface area contributed by atoms with Gasteiger partial charge in [-0.3, -0.25) is 4.79 Å². The highest BCUT2D eigenvalue weighted by atomic mass is 35.5. The number of carbonyl (C=O) groups is 2. The molecule has 1 aromatic carbocycles. The van der Waals surface area contributed by atoms with E-state index in [0.717, 1.165) is 36.1 Å². The van der Waals surface area contributed by atoms with Gasteiger partial charge in [0.2, 0.25) is 5.91 Å². The van der Waals surface area contributed by atoms with Gasteiger partial charge in [-0.25, -0.2) is 4.79 Å². The predicted octanol–water partition coefficient (Wildman–Crippen LogP) is 5.28.